The Morgan fingerprint density at radius 1 is 0.946 bits per heavy atom. The first kappa shape index (κ1) is 27.2. The molecule has 3 aromatic rings. The van der Waals surface area contributed by atoms with Crippen LogP contribution in [0.2, 0.25) is 5.02 Å². The lowest BCUT2D eigenvalue weighted by Crippen LogP contribution is -2.46. The molecule has 0 saturated carbocycles. The summed E-state index contributed by atoms with van der Waals surface area (Å²) < 4.78 is 5.52. The summed E-state index contributed by atoms with van der Waals surface area (Å²) in [6.45, 7) is 8.14. The second-order valence-electron chi connectivity index (χ2n) is 11.0. The molecule has 1 aromatic heterocycles. The fraction of sp³-hybridized carbons (Fsp3) is 0.419. The monoisotopic (exact) mass is 519 g/mol. The van der Waals surface area contributed by atoms with Crippen LogP contribution in [-0.2, 0) is 24.1 Å². The topological polar surface area (TPSA) is 45.7 Å². The van der Waals surface area contributed by atoms with Crippen LogP contribution in [0.3, 0.4) is 0 Å². The predicted octanol–water partition coefficient (Wildman–Crippen LogP) is 7.02. The molecule has 0 unspecified atom stereocenters. The van der Waals surface area contributed by atoms with Crippen molar-refractivity contribution < 1.29 is 9.53 Å². The van der Waals surface area contributed by atoms with Crippen LogP contribution >= 0.6 is 11.6 Å². The third-order valence-corrected chi connectivity index (χ3v) is 7.12. The number of hydrogen-bond acceptors (Lipinski definition) is 4. The van der Waals surface area contributed by atoms with E-state index in [9.17, 15) is 4.79 Å². The predicted molar refractivity (Wildman–Crippen MR) is 151 cm³/mol. The van der Waals surface area contributed by atoms with Crippen LogP contribution in [0.4, 0.5) is 4.79 Å². The fourth-order valence-corrected chi connectivity index (χ4v) is 4.83. The van der Waals surface area contributed by atoms with Gasteiger partial charge in [-0.15, -0.1) is 0 Å². The average molecular weight is 520 g/mol. The van der Waals surface area contributed by atoms with Gasteiger partial charge in [-0.25, -0.2) is 4.79 Å². The van der Waals surface area contributed by atoms with Gasteiger partial charge in [0.2, 0.25) is 0 Å². The molecule has 0 radical (unpaired) electrons. The summed E-state index contributed by atoms with van der Waals surface area (Å²) in [6, 6.07) is 21.5. The number of piperidine rings is 1. The Morgan fingerprint density at radius 2 is 1.57 bits per heavy atom. The van der Waals surface area contributed by atoms with E-state index in [1.807, 2.05) is 56.1 Å². The Bertz CT molecular complexity index is 1150. The molecule has 196 valence electrons. The third kappa shape index (κ3) is 8.05. The summed E-state index contributed by atoms with van der Waals surface area (Å²) in [5.41, 5.74) is 5.50. The van der Waals surface area contributed by atoms with Gasteiger partial charge in [0.25, 0.3) is 0 Å². The van der Waals surface area contributed by atoms with Crippen LogP contribution in [0.1, 0.15) is 50.4 Å². The van der Waals surface area contributed by atoms with Crippen molar-refractivity contribution in [3.63, 3.8) is 0 Å². The van der Waals surface area contributed by atoms with E-state index in [2.05, 4.69) is 53.3 Å². The molecule has 0 N–H and O–H groups in total. The smallest absolute Gasteiger partial charge is 0.410 e. The van der Waals surface area contributed by atoms with E-state index < -0.39 is 5.60 Å². The molecular weight excluding hydrogens is 482 g/mol. The van der Waals surface area contributed by atoms with Gasteiger partial charge in [0.05, 0.1) is 0 Å². The van der Waals surface area contributed by atoms with Crippen molar-refractivity contribution in [1.82, 2.24) is 14.8 Å². The highest BCUT2D eigenvalue weighted by Gasteiger charge is 2.28. The molecule has 0 bridgehead atoms. The zero-order chi connectivity index (χ0) is 26.4. The minimum Gasteiger partial charge on any atom is -0.444 e. The van der Waals surface area contributed by atoms with Gasteiger partial charge in [-0.3, -0.25) is 9.88 Å². The van der Waals surface area contributed by atoms with Crippen LogP contribution in [0.25, 0.3) is 11.1 Å². The van der Waals surface area contributed by atoms with E-state index in [0.717, 1.165) is 67.2 Å². The number of aromatic nitrogens is 1. The van der Waals surface area contributed by atoms with Crippen LogP contribution < -0.4 is 0 Å². The molecule has 37 heavy (non-hydrogen) atoms. The maximum Gasteiger partial charge on any atom is 0.410 e. The van der Waals surface area contributed by atoms with Crippen molar-refractivity contribution in [2.75, 3.05) is 20.1 Å². The first-order valence-electron chi connectivity index (χ1n) is 13.1. The van der Waals surface area contributed by atoms with E-state index in [0.29, 0.717) is 6.04 Å². The highest BCUT2D eigenvalue weighted by atomic mass is 35.5. The lowest BCUT2D eigenvalue weighted by atomic mass is 10.0. The number of hydrogen-bond donors (Lipinski definition) is 0. The summed E-state index contributed by atoms with van der Waals surface area (Å²) in [4.78, 5) is 21.2. The van der Waals surface area contributed by atoms with Gasteiger partial charge < -0.3 is 9.64 Å². The maximum absolute atomic E-state index is 12.3. The van der Waals surface area contributed by atoms with E-state index in [4.69, 9.17) is 16.3 Å². The SMILES string of the molecule is CN(Cc1ccc(CCc2ccc(-c3ccc(Cl)cc3)cn2)cc1)C1CCN(C(=O)OC(C)(C)C)CC1. The molecule has 1 amide bonds. The quantitative estimate of drug-likeness (QED) is 0.336. The highest BCUT2D eigenvalue weighted by molar-refractivity contribution is 6.30. The first-order chi connectivity index (χ1) is 17.7. The minimum atomic E-state index is -0.448. The number of halogens is 1. The largest absolute Gasteiger partial charge is 0.444 e. The van der Waals surface area contributed by atoms with E-state index in [1.165, 1.54) is 11.1 Å². The van der Waals surface area contributed by atoms with Crippen molar-refractivity contribution in [3.8, 4) is 11.1 Å². The van der Waals surface area contributed by atoms with Gasteiger partial charge in [0.15, 0.2) is 0 Å². The molecule has 1 aliphatic rings. The van der Waals surface area contributed by atoms with Crippen LogP contribution in [-0.4, -0.2) is 52.7 Å². The Hall–Kier alpha value is -2.89. The maximum atomic E-state index is 12.3. The third-order valence-electron chi connectivity index (χ3n) is 6.87. The summed E-state index contributed by atoms with van der Waals surface area (Å²) in [6.07, 6.45) is 5.56. The van der Waals surface area contributed by atoms with Gasteiger partial charge in [0, 0.05) is 48.2 Å². The number of nitrogens with zero attached hydrogens (tertiary/aromatic N) is 3. The summed E-state index contributed by atoms with van der Waals surface area (Å²) in [5.74, 6) is 0. The van der Waals surface area contributed by atoms with Crippen molar-refractivity contribution in [1.29, 1.82) is 0 Å². The molecular formula is C31H38ClN3O2. The number of benzene rings is 2. The average Bonchev–Trinajstić information content (AvgIpc) is 2.88. The van der Waals surface area contributed by atoms with Gasteiger partial charge in [-0.2, -0.15) is 0 Å². The summed E-state index contributed by atoms with van der Waals surface area (Å²) in [5, 5.41) is 0.742. The molecule has 6 heteroatoms. The Morgan fingerprint density at radius 3 is 2.16 bits per heavy atom. The van der Waals surface area contributed by atoms with E-state index >= 15 is 0 Å². The zero-order valence-corrected chi connectivity index (χ0v) is 23.2. The van der Waals surface area contributed by atoms with E-state index in [1.54, 1.807) is 0 Å². The van der Waals surface area contributed by atoms with Gasteiger partial charge in [0.1, 0.15) is 5.60 Å². The van der Waals surface area contributed by atoms with Gasteiger partial charge in [-0.05, 0) is 88.4 Å². The molecule has 5 nitrogen and oxygen atoms in total. The van der Waals surface area contributed by atoms with E-state index in [-0.39, 0.29) is 6.09 Å². The number of amides is 1. The van der Waals surface area contributed by atoms with Crippen molar-refractivity contribution in [3.05, 3.63) is 88.7 Å². The number of pyridine rings is 1. The Kier molecular flexibility index (Phi) is 8.88. The molecule has 0 spiro atoms. The number of ether oxygens (including phenoxy) is 1. The fourth-order valence-electron chi connectivity index (χ4n) is 4.70. The molecule has 1 saturated heterocycles. The van der Waals surface area contributed by atoms with Gasteiger partial charge >= 0.3 is 6.09 Å². The standard InChI is InChI=1S/C31H38ClN3O2/c1-31(2,3)37-30(36)35-19-17-29(18-20-35)34(4)22-24-7-5-23(6-8-24)9-15-28-16-12-26(21-33-28)25-10-13-27(32)14-11-25/h5-8,10-14,16,21,29H,9,15,17-20,22H2,1-4H3. The lowest BCUT2D eigenvalue weighted by molar-refractivity contribution is 0.0153. The first-order valence-corrected chi connectivity index (χ1v) is 13.5. The second kappa shape index (κ2) is 12.1. The minimum absolute atomic E-state index is 0.197. The van der Waals surface area contributed by atoms with Gasteiger partial charge in [-0.1, -0.05) is 54.1 Å². The van der Waals surface area contributed by atoms with Crippen molar-refractivity contribution >= 4 is 17.7 Å². The Balaban J connectivity index is 1.22. The molecule has 1 fully saturated rings. The molecule has 4 rings (SSSR count). The highest BCUT2D eigenvalue weighted by Crippen LogP contribution is 2.22. The zero-order valence-electron chi connectivity index (χ0n) is 22.4. The number of aryl methyl sites for hydroxylation is 2. The molecule has 1 aliphatic heterocycles. The number of carbonyl (C=O) groups is 1. The summed E-state index contributed by atoms with van der Waals surface area (Å²) in [7, 11) is 2.18. The summed E-state index contributed by atoms with van der Waals surface area (Å²) >= 11 is 5.99. The van der Waals surface area contributed by atoms with Crippen LogP contribution in [0, 0.1) is 0 Å². The Labute approximate surface area is 226 Å². The molecule has 0 aliphatic carbocycles. The normalized spacial score (nSPS) is 14.7. The van der Waals surface area contributed by atoms with Crippen LogP contribution in [0.15, 0.2) is 66.9 Å². The molecule has 2 aromatic carbocycles. The lowest BCUT2D eigenvalue weighted by Gasteiger charge is -2.37. The number of likely N-dealkylation sites (tertiary alicyclic amines) is 1. The van der Waals surface area contributed by atoms with Crippen molar-refractivity contribution in [2.24, 2.45) is 0 Å². The molecule has 0 atom stereocenters. The number of carbonyl (C=O) groups excluding carboxylic acids is 1. The van der Waals surface area contributed by atoms with Crippen LogP contribution in [0.5, 0.6) is 0 Å². The van der Waals surface area contributed by atoms with Crippen molar-refractivity contribution in [2.45, 2.75) is 64.6 Å². The molecule has 2 heterocycles. The second-order valence-corrected chi connectivity index (χ2v) is 11.4. The number of rotatable bonds is 7.